The molecule has 6 heteroatoms. The SMILES string of the molecule is O=C(Cc1ccc(S(=O)(=O)N2CCCCC2)cc1)NCC1CCCCC1. The summed E-state index contributed by atoms with van der Waals surface area (Å²) >= 11 is 0. The number of benzene rings is 1. The Bertz CT molecular complexity index is 688. The van der Waals surface area contributed by atoms with Crippen molar-refractivity contribution in [1.29, 1.82) is 0 Å². The van der Waals surface area contributed by atoms with Crippen LogP contribution in [0.3, 0.4) is 0 Å². The molecule has 1 N–H and O–H groups in total. The maximum absolute atomic E-state index is 12.6. The molecular formula is C20H30N2O3S. The number of sulfonamides is 1. The van der Waals surface area contributed by atoms with E-state index in [2.05, 4.69) is 5.32 Å². The lowest BCUT2D eigenvalue weighted by Crippen LogP contribution is -2.35. The van der Waals surface area contributed by atoms with Crippen LogP contribution in [0.25, 0.3) is 0 Å². The monoisotopic (exact) mass is 378 g/mol. The van der Waals surface area contributed by atoms with E-state index < -0.39 is 10.0 Å². The molecule has 0 spiro atoms. The molecule has 0 unspecified atom stereocenters. The second kappa shape index (κ2) is 9.00. The van der Waals surface area contributed by atoms with Crippen LogP contribution in [0.2, 0.25) is 0 Å². The van der Waals surface area contributed by atoms with Gasteiger partial charge in [0.15, 0.2) is 0 Å². The lowest BCUT2D eigenvalue weighted by Gasteiger charge is -2.25. The third-order valence-corrected chi connectivity index (χ3v) is 7.47. The highest BCUT2D eigenvalue weighted by Gasteiger charge is 2.25. The minimum absolute atomic E-state index is 0.0159. The van der Waals surface area contributed by atoms with Crippen molar-refractivity contribution >= 4 is 15.9 Å². The fourth-order valence-electron chi connectivity index (χ4n) is 3.93. The van der Waals surface area contributed by atoms with Gasteiger partial charge in [-0.25, -0.2) is 8.42 Å². The van der Waals surface area contributed by atoms with Crippen molar-refractivity contribution in [2.24, 2.45) is 5.92 Å². The number of amides is 1. The second-order valence-electron chi connectivity index (χ2n) is 7.59. The molecule has 0 atom stereocenters. The van der Waals surface area contributed by atoms with Gasteiger partial charge in [-0.2, -0.15) is 4.31 Å². The van der Waals surface area contributed by atoms with Crippen LogP contribution in [-0.2, 0) is 21.2 Å². The van der Waals surface area contributed by atoms with Crippen molar-refractivity contribution in [3.8, 4) is 0 Å². The molecule has 0 bridgehead atoms. The highest BCUT2D eigenvalue weighted by Crippen LogP contribution is 2.23. The van der Waals surface area contributed by atoms with E-state index in [0.29, 0.717) is 30.3 Å². The predicted octanol–water partition coefficient (Wildman–Crippen LogP) is 3.10. The minimum Gasteiger partial charge on any atom is -0.356 e. The molecule has 3 rings (SSSR count). The molecule has 2 fully saturated rings. The van der Waals surface area contributed by atoms with E-state index >= 15 is 0 Å². The Hall–Kier alpha value is -1.40. The summed E-state index contributed by atoms with van der Waals surface area (Å²) in [6.45, 7) is 1.97. The zero-order valence-corrected chi connectivity index (χ0v) is 16.3. The van der Waals surface area contributed by atoms with E-state index in [9.17, 15) is 13.2 Å². The molecule has 0 radical (unpaired) electrons. The average Bonchev–Trinajstić information content (AvgIpc) is 2.68. The summed E-state index contributed by atoms with van der Waals surface area (Å²) in [5, 5.41) is 3.03. The first kappa shape index (κ1) is 19.4. The maximum atomic E-state index is 12.6. The summed E-state index contributed by atoms with van der Waals surface area (Å²) < 4.78 is 26.9. The molecule has 5 nitrogen and oxygen atoms in total. The van der Waals surface area contributed by atoms with Gasteiger partial charge in [-0.1, -0.05) is 37.8 Å². The Balaban J connectivity index is 1.52. The molecule has 1 heterocycles. The summed E-state index contributed by atoms with van der Waals surface area (Å²) in [4.78, 5) is 12.5. The van der Waals surface area contributed by atoms with Gasteiger partial charge in [-0.3, -0.25) is 4.79 Å². The zero-order chi connectivity index (χ0) is 18.4. The fourth-order valence-corrected chi connectivity index (χ4v) is 5.45. The number of piperidine rings is 1. The Morgan fingerprint density at radius 2 is 1.58 bits per heavy atom. The first-order valence-corrected chi connectivity index (χ1v) is 11.4. The van der Waals surface area contributed by atoms with Gasteiger partial charge in [0.05, 0.1) is 11.3 Å². The lowest BCUT2D eigenvalue weighted by atomic mass is 9.89. The highest BCUT2D eigenvalue weighted by atomic mass is 32.2. The van der Waals surface area contributed by atoms with Gasteiger partial charge < -0.3 is 5.32 Å². The second-order valence-corrected chi connectivity index (χ2v) is 9.53. The molecule has 26 heavy (non-hydrogen) atoms. The number of rotatable bonds is 6. The van der Waals surface area contributed by atoms with E-state index in [-0.39, 0.29) is 5.91 Å². The standard InChI is InChI=1S/C20H30N2O3S/c23-20(21-16-18-7-3-1-4-8-18)15-17-9-11-19(12-10-17)26(24,25)22-13-5-2-6-14-22/h9-12,18H,1-8,13-16H2,(H,21,23). The van der Waals surface area contributed by atoms with Crippen LogP contribution in [0, 0.1) is 5.92 Å². The van der Waals surface area contributed by atoms with Gasteiger partial charge in [0.25, 0.3) is 0 Å². The van der Waals surface area contributed by atoms with Gasteiger partial charge in [0, 0.05) is 19.6 Å². The van der Waals surface area contributed by atoms with Gasteiger partial charge in [-0.05, 0) is 49.3 Å². The van der Waals surface area contributed by atoms with Crippen LogP contribution in [0.15, 0.2) is 29.2 Å². The number of hydrogen-bond donors (Lipinski definition) is 1. The van der Waals surface area contributed by atoms with E-state index in [1.54, 1.807) is 28.6 Å². The third-order valence-electron chi connectivity index (χ3n) is 5.55. The maximum Gasteiger partial charge on any atom is 0.243 e. The van der Waals surface area contributed by atoms with Gasteiger partial charge in [0.2, 0.25) is 15.9 Å². The Labute approximate surface area is 157 Å². The van der Waals surface area contributed by atoms with Crippen LogP contribution in [0.1, 0.15) is 56.9 Å². The van der Waals surface area contributed by atoms with E-state index in [1.165, 1.54) is 32.1 Å². The van der Waals surface area contributed by atoms with Crippen LogP contribution in [-0.4, -0.2) is 38.3 Å². The first-order chi connectivity index (χ1) is 12.6. The average molecular weight is 379 g/mol. The van der Waals surface area contributed by atoms with Crippen LogP contribution >= 0.6 is 0 Å². The Morgan fingerprint density at radius 3 is 2.23 bits per heavy atom. The fraction of sp³-hybridized carbons (Fsp3) is 0.650. The Kier molecular flexibility index (Phi) is 6.70. The molecule has 1 aromatic carbocycles. The molecular weight excluding hydrogens is 348 g/mol. The molecule has 1 aromatic rings. The minimum atomic E-state index is -3.40. The van der Waals surface area contributed by atoms with Gasteiger partial charge in [-0.15, -0.1) is 0 Å². The summed E-state index contributed by atoms with van der Waals surface area (Å²) in [6, 6.07) is 6.79. The first-order valence-electron chi connectivity index (χ1n) is 9.91. The summed E-state index contributed by atoms with van der Waals surface area (Å²) in [6.07, 6.45) is 9.54. The summed E-state index contributed by atoms with van der Waals surface area (Å²) in [5.74, 6) is 0.631. The summed E-state index contributed by atoms with van der Waals surface area (Å²) in [7, 11) is -3.40. The number of carbonyl (C=O) groups is 1. The number of nitrogens with one attached hydrogen (secondary N) is 1. The van der Waals surface area contributed by atoms with Crippen molar-refractivity contribution in [3.05, 3.63) is 29.8 Å². The molecule has 2 aliphatic rings. The van der Waals surface area contributed by atoms with E-state index in [1.807, 2.05) is 0 Å². The molecule has 1 aliphatic heterocycles. The predicted molar refractivity (Wildman–Crippen MR) is 102 cm³/mol. The molecule has 1 aliphatic carbocycles. The van der Waals surface area contributed by atoms with Gasteiger partial charge >= 0.3 is 0 Å². The normalized spacial score (nSPS) is 20.0. The van der Waals surface area contributed by atoms with Crippen molar-refractivity contribution < 1.29 is 13.2 Å². The number of nitrogens with zero attached hydrogens (tertiary/aromatic N) is 1. The number of carbonyl (C=O) groups excluding carboxylic acids is 1. The topological polar surface area (TPSA) is 66.5 Å². The third kappa shape index (κ3) is 5.07. The number of hydrogen-bond acceptors (Lipinski definition) is 3. The molecule has 0 aromatic heterocycles. The highest BCUT2D eigenvalue weighted by molar-refractivity contribution is 7.89. The molecule has 1 amide bonds. The molecule has 1 saturated heterocycles. The van der Waals surface area contributed by atoms with Crippen molar-refractivity contribution in [1.82, 2.24) is 9.62 Å². The summed E-state index contributed by atoms with van der Waals surface area (Å²) in [5.41, 5.74) is 0.851. The van der Waals surface area contributed by atoms with Crippen LogP contribution in [0.4, 0.5) is 0 Å². The van der Waals surface area contributed by atoms with Crippen molar-refractivity contribution in [2.75, 3.05) is 19.6 Å². The van der Waals surface area contributed by atoms with E-state index in [0.717, 1.165) is 31.4 Å². The molecule has 144 valence electrons. The molecule has 1 saturated carbocycles. The van der Waals surface area contributed by atoms with Crippen LogP contribution < -0.4 is 5.32 Å². The lowest BCUT2D eigenvalue weighted by molar-refractivity contribution is -0.120. The van der Waals surface area contributed by atoms with Crippen LogP contribution in [0.5, 0.6) is 0 Å². The van der Waals surface area contributed by atoms with Gasteiger partial charge in [0.1, 0.15) is 0 Å². The smallest absolute Gasteiger partial charge is 0.243 e. The quantitative estimate of drug-likeness (QED) is 0.827. The van der Waals surface area contributed by atoms with Crippen molar-refractivity contribution in [2.45, 2.75) is 62.7 Å². The van der Waals surface area contributed by atoms with E-state index in [4.69, 9.17) is 0 Å². The zero-order valence-electron chi connectivity index (χ0n) is 15.5. The largest absolute Gasteiger partial charge is 0.356 e. The Morgan fingerprint density at radius 1 is 0.962 bits per heavy atom. The van der Waals surface area contributed by atoms with Crippen molar-refractivity contribution in [3.63, 3.8) is 0 Å².